The number of nitrogens with zero attached hydrogens (tertiary/aromatic N) is 3. The van der Waals surface area contributed by atoms with E-state index >= 15 is 0 Å². The highest BCUT2D eigenvalue weighted by molar-refractivity contribution is 6.30. The van der Waals surface area contributed by atoms with Crippen LogP contribution in [0.3, 0.4) is 0 Å². The van der Waals surface area contributed by atoms with Crippen LogP contribution in [0.1, 0.15) is 37.6 Å². The molecule has 0 aromatic carbocycles. The third kappa shape index (κ3) is 3.37. The summed E-state index contributed by atoms with van der Waals surface area (Å²) in [6.45, 7) is 6.16. The number of piperidine rings is 1. The van der Waals surface area contributed by atoms with Crippen LogP contribution in [-0.2, 0) is 6.42 Å². The summed E-state index contributed by atoms with van der Waals surface area (Å²) in [5.74, 6) is 2.11. The molecule has 1 unspecified atom stereocenters. The van der Waals surface area contributed by atoms with Gasteiger partial charge in [-0.3, -0.25) is 0 Å². The first-order chi connectivity index (χ1) is 9.15. The van der Waals surface area contributed by atoms with Crippen molar-refractivity contribution in [1.29, 1.82) is 0 Å². The molecule has 19 heavy (non-hydrogen) atoms. The number of aliphatic hydroxyl groups is 1. The van der Waals surface area contributed by atoms with E-state index in [4.69, 9.17) is 11.6 Å². The third-order valence-corrected chi connectivity index (χ3v) is 4.03. The molecule has 1 saturated heterocycles. The molecule has 5 heteroatoms. The zero-order valence-electron chi connectivity index (χ0n) is 11.7. The zero-order chi connectivity index (χ0) is 13.8. The van der Waals surface area contributed by atoms with Crippen LogP contribution in [0.4, 0.5) is 5.82 Å². The van der Waals surface area contributed by atoms with Gasteiger partial charge in [0, 0.05) is 31.7 Å². The second-order valence-corrected chi connectivity index (χ2v) is 5.62. The van der Waals surface area contributed by atoms with Gasteiger partial charge in [-0.05, 0) is 32.1 Å². The Morgan fingerprint density at radius 2 is 2.21 bits per heavy atom. The molecule has 0 amide bonds. The lowest BCUT2D eigenvalue weighted by Crippen LogP contribution is -2.38. The van der Waals surface area contributed by atoms with Gasteiger partial charge in [0.1, 0.15) is 16.8 Å². The van der Waals surface area contributed by atoms with Gasteiger partial charge in [-0.2, -0.15) is 0 Å². The fourth-order valence-electron chi connectivity index (χ4n) is 2.57. The Hall–Kier alpha value is -0.870. The van der Waals surface area contributed by atoms with E-state index in [1.54, 1.807) is 0 Å². The van der Waals surface area contributed by atoms with Gasteiger partial charge in [0.25, 0.3) is 0 Å². The van der Waals surface area contributed by atoms with E-state index in [1.807, 2.05) is 6.92 Å². The molecule has 1 aromatic rings. The number of aryl methyl sites for hydroxylation is 1. The van der Waals surface area contributed by atoms with Gasteiger partial charge in [0.05, 0.1) is 0 Å². The Bertz CT molecular complexity index is 439. The van der Waals surface area contributed by atoms with E-state index in [0.717, 1.165) is 56.0 Å². The summed E-state index contributed by atoms with van der Waals surface area (Å²) >= 11 is 6.22. The van der Waals surface area contributed by atoms with Crippen LogP contribution in [0, 0.1) is 12.8 Å². The molecule has 1 aromatic heterocycles. The van der Waals surface area contributed by atoms with Crippen molar-refractivity contribution in [2.24, 2.45) is 5.92 Å². The third-order valence-electron chi connectivity index (χ3n) is 3.66. The maximum Gasteiger partial charge on any atom is 0.137 e. The quantitative estimate of drug-likeness (QED) is 0.863. The molecular formula is C14H22ClN3O. The molecule has 1 fully saturated rings. The predicted molar refractivity (Wildman–Crippen MR) is 77.8 cm³/mol. The minimum atomic E-state index is 0.246. The molecule has 0 aliphatic carbocycles. The first kappa shape index (κ1) is 14.5. The van der Waals surface area contributed by atoms with Gasteiger partial charge in [-0.1, -0.05) is 18.5 Å². The van der Waals surface area contributed by atoms with Crippen molar-refractivity contribution in [3.05, 3.63) is 16.5 Å². The van der Waals surface area contributed by atoms with E-state index in [9.17, 15) is 5.11 Å². The Morgan fingerprint density at radius 3 is 2.89 bits per heavy atom. The minimum Gasteiger partial charge on any atom is -0.396 e. The Balaban J connectivity index is 2.26. The summed E-state index contributed by atoms with van der Waals surface area (Å²) in [6, 6.07) is 0. The number of rotatable bonds is 4. The Labute approximate surface area is 119 Å². The number of anilines is 1. The average Bonchev–Trinajstić information content (AvgIpc) is 2.43. The highest BCUT2D eigenvalue weighted by Gasteiger charge is 2.23. The molecule has 106 valence electrons. The minimum absolute atomic E-state index is 0.246. The van der Waals surface area contributed by atoms with Gasteiger partial charge < -0.3 is 10.0 Å². The van der Waals surface area contributed by atoms with Crippen molar-refractivity contribution >= 4 is 17.4 Å². The second kappa shape index (κ2) is 6.53. The van der Waals surface area contributed by atoms with Gasteiger partial charge >= 0.3 is 0 Å². The summed E-state index contributed by atoms with van der Waals surface area (Å²) < 4.78 is 0. The maximum absolute atomic E-state index is 9.33. The van der Waals surface area contributed by atoms with Crippen molar-refractivity contribution < 1.29 is 5.11 Å². The lowest BCUT2D eigenvalue weighted by Gasteiger charge is -2.33. The highest BCUT2D eigenvalue weighted by Crippen LogP contribution is 2.27. The Kier molecular flexibility index (Phi) is 4.99. The number of aliphatic hydroxyl groups excluding tert-OH is 1. The lowest BCUT2D eigenvalue weighted by atomic mass is 9.99. The van der Waals surface area contributed by atoms with Crippen LogP contribution >= 0.6 is 11.6 Å². The first-order valence-electron chi connectivity index (χ1n) is 7.04. The molecule has 2 rings (SSSR count). The fourth-order valence-corrected chi connectivity index (χ4v) is 2.75. The molecular weight excluding hydrogens is 262 g/mol. The van der Waals surface area contributed by atoms with Gasteiger partial charge in [-0.15, -0.1) is 0 Å². The predicted octanol–water partition coefficient (Wildman–Crippen LogP) is 2.60. The summed E-state index contributed by atoms with van der Waals surface area (Å²) in [5.41, 5.74) is 0.945. The number of halogens is 1. The Morgan fingerprint density at radius 1 is 1.42 bits per heavy atom. The monoisotopic (exact) mass is 283 g/mol. The number of hydrogen-bond acceptors (Lipinski definition) is 4. The molecule has 0 bridgehead atoms. The van der Waals surface area contributed by atoms with Crippen molar-refractivity contribution in [2.45, 2.75) is 39.5 Å². The van der Waals surface area contributed by atoms with Crippen molar-refractivity contribution in [3.63, 3.8) is 0 Å². The summed E-state index contributed by atoms with van der Waals surface area (Å²) in [6.07, 6.45) is 4.05. The van der Waals surface area contributed by atoms with E-state index in [1.165, 1.54) is 0 Å². The van der Waals surface area contributed by atoms with Gasteiger partial charge in [0.15, 0.2) is 0 Å². The fraction of sp³-hybridized carbons (Fsp3) is 0.714. The summed E-state index contributed by atoms with van der Waals surface area (Å²) in [7, 11) is 0. The van der Waals surface area contributed by atoms with E-state index < -0.39 is 0 Å². The van der Waals surface area contributed by atoms with Crippen LogP contribution in [0.5, 0.6) is 0 Å². The van der Waals surface area contributed by atoms with Crippen molar-refractivity contribution in [3.8, 4) is 0 Å². The van der Waals surface area contributed by atoms with Crippen molar-refractivity contribution in [1.82, 2.24) is 9.97 Å². The van der Waals surface area contributed by atoms with E-state index in [2.05, 4.69) is 21.8 Å². The zero-order valence-corrected chi connectivity index (χ0v) is 12.4. The van der Waals surface area contributed by atoms with Crippen LogP contribution in [0.25, 0.3) is 0 Å². The van der Waals surface area contributed by atoms with Crippen LogP contribution in [0.2, 0.25) is 5.15 Å². The lowest BCUT2D eigenvalue weighted by molar-refractivity contribution is 0.208. The van der Waals surface area contributed by atoms with Gasteiger partial charge in [-0.25, -0.2) is 9.97 Å². The second-order valence-electron chi connectivity index (χ2n) is 5.27. The van der Waals surface area contributed by atoms with Crippen molar-refractivity contribution in [2.75, 3.05) is 24.6 Å². The van der Waals surface area contributed by atoms with Crippen LogP contribution in [-0.4, -0.2) is 34.8 Å². The summed E-state index contributed by atoms with van der Waals surface area (Å²) in [4.78, 5) is 11.2. The first-order valence-corrected chi connectivity index (χ1v) is 7.42. The molecule has 0 spiro atoms. The van der Waals surface area contributed by atoms with E-state index in [-0.39, 0.29) is 6.61 Å². The smallest absolute Gasteiger partial charge is 0.137 e. The molecule has 1 aliphatic rings. The molecule has 1 atom stereocenters. The molecule has 1 N–H and O–H groups in total. The van der Waals surface area contributed by atoms with Crippen LogP contribution in [0.15, 0.2) is 0 Å². The molecule has 2 heterocycles. The average molecular weight is 284 g/mol. The molecule has 4 nitrogen and oxygen atoms in total. The largest absolute Gasteiger partial charge is 0.396 e. The number of aromatic nitrogens is 2. The van der Waals surface area contributed by atoms with Gasteiger partial charge in [0.2, 0.25) is 0 Å². The number of hydrogen-bond donors (Lipinski definition) is 1. The molecule has 1 aliphatic heterocycles. The summed E-state index contributed by atoms with van der Waals surface area (Å²) in [5, 5.41) is 9.89. The normalized spacial score (nSPS) is 19.8. The SMILES string of the molecule is CCCc1nc(Cl)c(C)c(N2CCCC(CO)C2)n1. The van der Waals surface area contributed by atoms with Crippen LogP contribution < -0.4 is 4.90 Å². The highest BCUT2D eigenvalue weighted by atomic mass is 35.5. The topological polar surface area (TPSA) is 49.2 Å². The van der Waals surface area contributed by atoms with E-state index in [0.29, 0.717) is 11.1 Å². The molecule has 0 radical (unpaired) electrons. The molecule has 0 saturated carbocycles. The standard InChI is InChI=1S/C14H22ClN3O/c1-3-5-12-16-13(15)10(2)14(17-12)18-7-4-6-11(8-18)9-19/h11,19H,3-9H2,1-2H3. The maximum atomic E-state index is 9.33.